The molecule has 0 bridgehead atoms. The molecule has 7 nitrogen and oxygen atoms in total. The van der Waals surface area contributed by atoms with E-state index >= 15 is 0 Å². The van der Waals surface area contributed by atoms with Gasteiger partial charge in [-0.3, -0.25) is 4.90 Å². The number of carboxylic acids is 1. The van der Waals surface area contributed by atoms with E-state index in [1.165, 1.54) is 6.20 Å². The second kappa shape index (κ2) is 4.77. The first-order valence-corrected chi connectivity index (χ1v) is 6.00. The van der Waals surface area contributed by atoms with Gasteiger partial charge in [0.1, 0.15) is 12.2 Å². The molecular weight excluding hydrogens is 246 g/mol. The number of fused-ring (bicyclic) bond motifs is 1. The summed E-state index contributed by atoms with van der Waals surface area (Å²) in [4.78, 5) is 17.2. The van der Waals surface area contributed by atoms with E-state index in [0.29, 0.717) is 13.1 Å². The van der Waals surface area contributed by atoms with Crippen LogP contribution in [0.4, 0.5) is 0 Å². The van der Waals surface area contributed by atoms with Gasteiger partial charge in [0.15, 0.2) is 5.69 Å². The van der Waals surface area contributed by atoms with Gasteiger partial charge in [-0.2, -0.15) is 0 Å². The molecule has 0 aliphatic carbocycles. The average molecular weight is 259 g/mol. The maximum atomic E-state index is 11.1. The lowest BCUT2D eigenvalue weighted by molar-refractivity contribution is 0.0687. The Balaban J connectivity index is 1.78. The molecular formula is C12H13N5O2. The van der Waals surface area contributed by atoms with Crippen LogP contribution in [-0.4, -0.2) is 42.3 Å². The summed E-state index contributed by atoms with van der Waals surface area (Å²) in [5, 5.41) is 17.0. The first-order valence-electron chi connectivity index (χ1n) is 6.00. The number of nitrogens with zero attached hydrogens (tertiary/aromatic N) is 5. The summed E-state index contributed by atoms with van der Waals surface area (Å²) in [6.45, 7) is 2.90. The van der Waals surface area contributed by atoms with Gasteiger partial charge >= 0.3 is 5.97 Å². The van der Waals surface area contributed by atoms with Crippen molar-refractivity contribution >= 4 is 5.97 Å². The van der Waals surface area contributed by atoms with Crippen molar-refractivity contribution in [1.29, 1.82) is 0 Å². The molecule has 0 aromatic carbocycles. The Kier molecular flexibility index (Phi) is 2.96. The monoisotopic (exact) mass is 259 g/mol. The normalized spacial score (nSPS) is 15.2. The average Bonchev–Trinajstić information content (AvgIpc) is 2.86. The number of carboxylic acid groups (broad SMARTS) is 1. The van der Waals surface area contributed by atoms with Crippen LogP contribution in [0.1, 0.15) is 21.9 Å². The number of pyridine rings is 1. The van der Waals surface area contributed by atoms with Crippen molar-refractivity contribution in [3.8, 4) is 0 Å². The molecule has 7 heteroatoms. The minimum Gasteiger partial charge on any atom is -0.477 e. The van der Waals surface area contributed by atoms with Crippen LogP contribution in [-0.2, 0) is 19.6 Å². The molecule has 0 fully saturated rings. The van der Waals surface area contributed by atoms with Crippen molar-refractivity contribution in [1.82, 2.24) is 24.6 Å². The third-order valence-electron chi connectivity index (χ3n) is 3.21. The minimum absolute atomic E-state index is 0.120. The molecule has 0 amide bonds. The molecule has 0 saturated carbocycles. The van der Waals surface area contributed by atoms with Crippen LogP contribution in [0.3, 0.4) is 0 Å². The van der Waals surface area contributed by atoms with Crippen LogP contribution in [0.25, 0.3) is 0 Å². The Morgan fingerprint density at radius 1 is 1.42 bits per heavy atom. The van der Waals surface area contributed by atoms with E-state index in [1.807, 2.05) is 4.57 Å². The molecule has 1 N–H and O–H groups in total. The Labute approximate surface area is 109 Å². The second-order valence-electron chi connectivity index (χ2n) is 4.47. The van der Waals surface area contributed by atoms with Gasteiger partial charge in [-0.15, -0.1) is 10.2 Å². The van der Waals surface area contributed by atoms with E-state index < -0.39 is 5.97 Å². The first-order chi connectivity index (χ1) is 9.24. The van der Waals surface area contributed by atoms with Gasteiger partial charge < -0.3 is 9.67 Å². The molecule has 1 aliphatic heterocycles. The summed E-state index contributed by atoms with van der Waals surface area (Å²) in [5.74, 6) is -0.0807. The Hall–Kier alpha value is -2.28. The molecule has 0 unspecified atom stereocenters. The van der Waals surface area contributed by atoms with Crippen LogP contribution in [0.5, 0.6) is 0 Å². The molecule has 98 valence electrons. The van der Waals surface area contributed by atoms with E-state index in [-0.39, 0.29) is 5.69 Å². The van der Waals surface area contributed by atoms with E-state index in [0.717, 1.165) is 24.5 Å². The van der Waals surface area contributed by atoms with E-state index in [1.54, 1.807) is 18.5 Å². The lowest BCUT2D eigenvalue weighted by Gasteiger charge is -2.27. The fourth-order valence-electron chi connectivity index (χ4n) is 2.25. The van der Waals surface area contributed by atoms with E-state index in [2.05, 4.69) is 20.1 Å². The van der Waals surface area contributed by atoms with Crippen LogP contribution >= 0.6 is 0 Å². The van der Waals surface area contributed by atoms with Gasteiger partial charge in [0.25, 0.3) is 0 Å². The fraction of sp³-hybridized carbons (Fsp3) is 0.333. The number of hydrogen-bond acceptors (Lipinski definition) is 5. The van der Waals surface area contributed by atoms with Gasteiger partial charge in [-0.1, -0.05) is 6.07 Å². The molecule has 0 atom stereocenters. The number of aromatic nitrogens is 4. The molecule has 1 aliphatic rings. The van der Waals surface area contributed by atoms with Crippen molar-refractivity contribution in [2.75, 3.05) is 6.54 Å². The van der Waals surface area contributed by atoms with Gasteiger partial charge in [0.2, 0.25) is 0 Å². The molecule has 3 rings (SSSR count). The Morgan fingerprint density at radius 2 is 2.32 bits per heavy atom. The fourth-order valence-corrected chi connectivity index (χ4v) is 2.25. The predicted octanol–water partition coefficient (Wildman–Crippen LogP) is 0.387. The minimum atomic E-state index is -0.990. The zero-order chi connectivity index (χ0) is 13.2. The van der Waals surface area contributed by atoms with Crippen molar-refractivity contribution in [3.05, 3.63) is 41.7 Å². The van der Waals surface area contributed by atoms with Crippen molar-refractivity contribution in [2.45, 2.75) is 19.6 Å². The third-order valence-corrected chi connectivity index (χ3v) is 3.21. The number of rotatable bonds is 3. The first kappa shape index (κ1) is 11.8. The lowest BCUT2D eigenvalue weighted by atomic mass is 10.1. The molecule has 0 radical (unpaired) electrons. The van der Waals surface area contributed by atoms with Gasteiger partial charge in [-0.05, 0) is 11.6 Å². The highest BCUT2D eigenvalue weighted by atomic mass is 16.4. The third kappa shape index (κ3) is 2.32. The molecule has 2 aromatic heterocycles. The number of carbonyl (C=O) groups is 1. The van der Waals surface area contributed by atoms with E-state index in [9.17, 15) is 4.79 Å². The number of aromatic carboxylic acids is 1. The van der Waals surface area contributed by atoms with Gasteiger partial charge in [0.05, 0.1) is 6.54 Å². The van der Waals surface area contributed by atoms with Gasteiger partial charge in [-0.25, -0.2) is 9.78 Å². The standard InChI is InChI=1S/C12H13N5O2/c18-12(19)11-9(2-1-3-13-11)6-16-4-5-17-8-14-15-10(17)7-16/h1-3,8H,4-7H2,(H,18,19). The molecule has 0 saturated heterocycles. The Bertz CT molecular complexity index is 610. The van der Waals surface area contributed by atoms with Gasteiger partial charge in [0, 0.05) is 25.8 Å². The number of hydrogen-bond donors (Lipinski definition) is 1. The highest BCUT2D eigenvalue weighted by Crippen LogP contribution is 2.14. The quantitative estimate of drug-likeness (QED) is 0.858. The summed E-state index contributed by atoms with van der Waals surface area (Å²) < 4.78 is 2.01. The molecule has 0 spiro atoms. The van der Waals surface area contributed by atoms with Crippen LogP contribution < -0.4 is 0 Å². The van der Waals surface area contributed by atoms with Crippen molar-refractivity contribution in [3.63, 3.8) is 0 Å². The van der Waals surface area contributed by atoms with E-state index in [4.69, 9.17) is 5.11 Å². The smallest absolute Gasteiger partial charge is 0.354 e. The maximum absolute atomic E-state index is 11.1. The van der Waals surface area contributed by atoms with Crippen molar-refractivity contribution < 1.29 is 9.90 Å². The summed E-state index contributed by atoms with van der Waals surface area (Å²) in [6.07, 6.45) is 3.22. The maximum Gasteiger partial charge on any atom is 0.354 e. The van der Waals surface area contributed by atoms with Crippen LogP contribution in [0.15, 0.2) is 24.7 Å². The summed E-state index contributed by atoms with van der Waals surface area (Å²) in [7, 11) is 0. The molecule has 19 heavy (non-hydrogen) atoms. The Morgan fingerprint density at radius 3 is 3.16 bits per heavy atom. The highest BCUT2D eigenvalue weighted by Gasteiger charge is 2.20. The highest BCUT2D eigenvalue weighted by molar-refractivity contribution is 5.86. The summed E-state index contributed by atoms with van der Waals surface area (Å²) >= 11 is 0. The van der Waals surface area contributed by atoms with Crippen LogP contribution in [0.2, 0.25) is 0 Å². The molecule has 2 aromatic rings. The molecule has 3 heterocycles. The second-order valence-corrected chi connectivity index (χ2v) is 4.47. The predicted molar refractivity (Wildman–Crippen MR) is 65.3 cm³/mol. The topological polar surface area (TPSA) is 84.1 Å². The zero-order valence-corrected chi connectivity index (χ0v) is 10.2. The summed E-state index contributed by atoms with van der Waals surface area (Å²) in [5.41, 5.74) is 0.845. The van der Waals surface area contributed by atoms with Crippen LogP contribution in [0, 0.1) is 0 Å². The van der Waals surface area contributed by atoms with Crippen molar-refractivity contribution in [2.24, 2.45) is 0 Å². The zero-order valence-electron chi connectivity index (χ0n) is 10.2. The lowest BCUT2D eigenvalue weighted by Crippen LogP contribution is -2.33. The largest absolute Gasteiger partial charge is 0.477 e. The summed E-state index contributed by atoms with van der Waals surface area (Å²) in [6, 6.07) is 3.56. The SMILES string of the molecule is O=C(O)c1ncccc1CN1CCn2cnnc2C1.